The van der Waals surface area contributed by atoms with Crippen LogP contribution in [0, 0.1) is 5.92 Å². The summed E-state index contributed by atoms with van der Waals surface area (Å²) >= 11 is 0. The van der Waals surface area contributed by atoms with Gasteiger partial charge in [0.15, 0.2) is 0 Å². The van der Waals surface area contributed by atoms with E-state index in [1.165, 1.54) is 0 Å². The largest absolute Gasteiger partial charge is 0.382 e. The topological polar surface area (TPSA) is 79.0 Å². The third-order valence-corrected chi connectivity index (χ3v) is 6.20. The van der Waals surface area contributed by atoms with Gasteiger partial charge in [0.25, 0.3) is 0 Å². The number of benzene rings is 1. The van der Waals surface area contributed by atoms with Crippen molar-refractivity contribution in [1.29, 1.82) is 0 Å². The van der Waals surface area contributed by atoms with Crippen LogP contribution in [0.3, 0.4) is 0 Å². The Balaban J connectivity index is 2.36. The van der Waals surface area contributed by atoms with E-state index in [-0.39, 0.29) is 17.3 Å². The maximum Gasteiger partial charge on any atom is 0.318 e. The van der Waals surface area contributed by atoms with E-state index in [0.29, 0.717) is 30.3 Å². The van der Waals surface area contributed by atoms with Gasteiger partial charge in [0, 0.05) is 42.5 Å². The highest BCUT2D eigenvalue weighted by Crippen LogP contribution is 2.32. The molecule has 170 valence electrons. The number of rotatable bonds is 10. The molecule has 1 N–H and O–H groups in total. The summed E-state index contributed by atoms with van der Waals surface area (Å²) in [6.45, 7) is 14.0. The first-order chi connectivity index (χ1) is 14.0. The Morgan fingerprint density at radius 3 is 2.30 bits per heavy atom. The Kier molecular flexibility index (Phi) is 8.02. The zero-order chi connectivity index (χ0) is 22.5. The molecule has 1 saturated carbocycles. The van der Waals surface area contributed by atoms with Crippen molar-refractivity contribution < 1.29 is 17.4 Å². The van der Waals surface area contributed by atoms with Crippen LogP contribution in [0.2, 0.25) is 0 Å². The van der Waals surface area contributed by atoms with Crippen LogP contribution < -0.4 is 14.4 Å². The fourth-order valence-electron chi connectivity index (χ4n) is 3.17. The number of hydrogen-bond acceptors (Lipinski definition) is 5. The van der Waals surface area contributed by atoms with E-state index >= 15 is 0 Å². The smallest absolute Gasteiger partial charge is 0.318 e. The summed E-state index contributed by atoms with van der Waals surface area (Å²) in [5.41, 5.74) is 1.24. The van der Waals surface area contributed by atoms with Gasteiger partial charge in [-0.2, -0.15) is 8.42 Å². The lowest BCUT2D eigenvalue weighted by Gasteiger charge is -2.29. The zero-order valence-corrected chi connectivity index (χ0v) is 20.0. The molecule has 7 nitrogen and oxygen atoms in total. The molecule has 0 radical (unpaired) electrons. The van der Waals surface area contributed by atoms with E-state index in [4.69, 9.17) is 4.18 Å². The van der Waals surface area contributed by atoms with Gasteiger partial charge >= 0.3 is 16.1 Å². The number of nitrogens with zero attached hydrogens (tertiary/aromatic N) is 2. The minimum absolute atomic E-state index is 0.113. The summed E-state index contributed by atoms with van der Waals surface area (Å²) in [6, 6.07) is 5.46. The summed E-state index contributed by atoms with van der Waals surface area (Å²) in [4.78, 5) is 16.8. The Hall–Kier alpha value is -1.96. The molecule has 0 aliphatic heterocycles. The number of urea groups is 1. The minimum Gasteiger partial charge on any atom is -0.382 e. The Bertz CT molecular complexity index is 825. The van der Waals surface area contributed by atoms with Gasteiger partial charge in [-0.3, -0.25) is 0 Å². The second kappa shape index (κ2) is 9.90. The van der Waals surface area contributed by atoms with E-state index in [2.05, 4.69) is 24.1 Å². The highest BCUT2D eigenvalue weighted by Gasteiger charge is 2.29. The van der Waals surface area contributed by atoms with Crippen molar-refractivity contribution >= 4 is 21.8 Å². The molecule has 2 amide bonds. The lowest BCUT2D eigenvalue weighted by molar-refractivity contribution is 0.183. The predicted molar refractivity (Wildman–Crippen MR) is 122 cm³/mol. The number of amides is 2. The SMILES string of the molecule is CCN(CC)c1ccc(CN(CC2CC2)C(=O)NC(C)(C)C)c(OS(=O)(=O)CC)c1. The van der Waals surface area contributed by atoms with Crippen LogP contribution in [0.15, 0.2) is 18.2 Å². The molecule has 2 rings (SSSR count). The van der Waals surface area contributed by atoms with Crippen molar-refractivity contribution in [2.24, 2.45) is 5.92 Å². The molecule has 0 spiro atoms. The van der Waals surface area contributed by atoms with Gasteiger partial charge in [0.1, 0.15) is 5.75 Å². The minimum atomic E-state index is -3.68. The summed E-state index contributed by atoms with van der Waals surface area (Å²) in [5, 5.41) is 3.02. The molecule has 0 heterocycles. The van der Waals surface area contributed by atoms with E-state index in [1.54, 1.807) is 17.9 Å². The monoisotopic (exact) mass is 439 g/mol. The first-order valence-corrected chi connectivity index (χ1v) is 12.4. The fraction of sp³-hybridized carbons (Fsp3) is 0.682. The van der Waals surface area contributed by atoms with Crippen molar-refractivity contribution in [1.82, 2.24) is 10.2 Å². The van der Waals surface area contributed by atoms with Crippen LogP contribution in [0.5, 0.6) is 5.75 Å². The molecular formula is C22H37N3O4S. The lowest BCUT2D eigenvalue weighted by Crippen LogP contribution is -2.48. The Labute approximate surface area is 181 Å². The third-order valence-electron chi connectivity index (χ3n) is 5.06. The second-order valence-corrected chi connectivity index (χ2v) is 10.8. The number of anilines is 1. The van der Waals surface area contributed by atoms with Crippen molar-refractivity contribution in [3.63, 3.8) is 0 Å². The average molecular weight is 440 g/mol. The van der Waals surface area contributed by atoms with Gasteiger partial charge in [0.05, 0.1) is 12.3 Å². The van der Waals surface area contributed by atoms with Crippen LogP contribution >= 0.6 is 0 Å². The molecule has 1 aromatic rings. The molecular weight excluding hydrogens is 402 g/mol. The normalized spacial score (nSPS) is 14.3. The van der Waals surface area contributed by atoms with Gasteiger partial charge in [-0.05, 0) is 66.4 Å². The molecule has 8 heteroatoms. The van der Waals surface area contributed by atoms with Crippen LogP contribution in [0.1, 0.15) is 59.9 Å². The lowest BCUT2D eigenvalue weighted by atomic mass is 10.1. The summed E-state index contributed by atoms with van der Waals surface area (Å²) in [5.74, 6) is 0.693. The fourth-order valence-corrected chi connectivity index (χ4v) is 3.72. The van der Waals surface area contributed by atoms with Gasteiger partial charge in [-0.15, -0.1) is 0 Å². The summed E-state index contributed by atoms with van der Waals surface area (Å²) in [7, 11) is -3.68. The molecule has 30 heavy (non-hydrogen) atoms. The highest BCUT2D eigenvalue weighted by molar-refractivity contribution is 7.87. The van der Waals surface area contributed by atoms with Crippen LogP contribution in [0.25, 0.3) is 0 Å². The molecule has 0 bridgehead atoms. The summed E-state index contributed by atoms with van der Waals surface area (Å²) in [6.07, 6.45) is 2.24. The number of carbonyl (C=O) groups is 1. The Morgan fingerprint density at radius 1 is 1.17 bits per heavy atom. The zero-order valence-electron chi connectivity index (χ0n) is 19.2. The summed E-state index contributed by atoms with van der Waals surface area (Å²) < 4.78 is 29.9. The van der Waals surface area contributed by atoms with Gasteiger partial charge in [-0.1, -0.05) is 6.07 Å². The van der Waals surface area contributed by atoms with Crippen molar-refractivity contribution in [3.8, 4) is 5.75 Å². The third kappa shape index (κ3) is 7.38. The second-order valence-electron chi connectivity index (χ2n) is 8.90. The molecule has 1 fully saturated rings. The number of nitrogens with one attached hydrogen (secondary N) is 1. The Morgan fingerprint density at radius 2 is 1.80 bits per heavy atom. The van der Waals surface area contributed by atoms with Crippen molar-refractivity contribution in [2.75, 3.05) is 30.3 Å². The van der Waals surface area contributed by atoms with Gasteiger partial charge < -0.3 is 19.3 Å². The molecule has 0 aromatic heterocycles. The first-order valence-electron chi connectivity index (χ1n) is 10.8. The van der Waals surface area contributed by atoms with E-state index < -0.39 is 10.1 Å². The molecule has 1 aliphatic carbocycles. The van der Waals surface area contributed by atoms with E-state index in [1.807, 2.05) is 32.9 Å². The number of carbonyl (C=O) groups excluding carboxylic acids is 1. The van der Waals surface area contributed by atoms with Gasteiger partial charge in [-0.25, -0.2) is 4.79 Å². The maximum atomic E-state index is 12.9. The first kappa shape index (κ1) is 24.3. The highest BCUT2D eigenvalue weighted by atomic mass is 32.2. The van der Waals surface area contributed by atoms with Gasteiger partial charge in [0.2, 0.25) is 0 Å². The van der Waals surface area contributed by atoms with Crippen LogP contribution in [0.4, 0.5) is 10.5 Å². The van der Waals surface area contributed by atoms with Crippen LogP contribution in [-0.2, 0) is 16.7 Å². The maximum absolute atomic E-state index is 12.9. The molecule has 1 aromatic carbocycles. The predicted octanol–water partition coefficient (Wildman–Crippen LogP) is 3.98. The van der Waals surface area contributed by atoms with Crippen molar-refractivity contribution in [2.45, 2.75) is 66.5 Å². The van der Waals surface area contributed by atoms with E-state index in [0.717, 1.165) is 31.6 Å². The van der Waals surface area contributed by atoms with E-state index in [9.17, 15) is 13.2 Å². The van der Waals surface area contributed by atoms with Crippen molar-refractivity contribution in [3.05, 3.63) is 23.8 Å². The molecule has 0 saturated heterocycles. The standard InChI is InChI=1S/C22H37N3O4S/c1-7-24(8-2)19-13-12-18(20(14-19)29-30(27,28)9-3)16-25(15-17-10-11-17)21(26)23-22(4,5)6/h12-14,17H,7-11,15-16H2,1-6H3,(H,23,26). The quantitative estimate of drug-likeness (QED) is 0.558. The molecule has 1 aliphatic rings. The average Bonchev–Trinajstić information content (AvgIpc) is 3.46. The van der Waals surface area contributed by atoms with Crippen LogP contribution in [-0.4, -0.2) is 50.3 Å². The number of hydrogen-bond donors (Lipinski definition) is 1. The molecule has 0 unspecified atom stereocenters. The molecule has 0 atom stereocenters.